The fourth-order valence-electron chi connectivity index (χ4n) is 0.829. The van der Waals surface area contributed by atoms with Crippen molar-refractivity contribution in [2.24, 2.45) is 0 Å². The molecule has 0 aromatic heterocycles. The zero-order valence-electron chi connectivity index (χ0n) is 8.82. The molecule has 0 saturated heterocycles. The topological polar surface area (TPSA) is 110 Å². The number of aliphatic hydroxyl groups is 1. The quantitative estimate of drug-likeness (QED) is 0.402. The third kappa shape index (κ3) is 11.2. The second-order valence-electron chi connectivity index (χ2n) is 2.95. The molecule has 0 aliphatic carbocycles. The van der Waals surface area contributed by atoms with Crippen LogP contribution in [0, 0.1) is 0 Å². The predicted molar refractivity (Wildman–Crippen MR) is 60.6 cm³/mol. The van der Waals surface area contributed by atoms with Gasteiger partial charge in [-0.3, -0.25) is 0 Å². The largest absolute Gasteiger partial charge is 0.466 e. The van der Waals surface area contributed by atoms with E-state index in [-0.39, 0.29) is 0 Å². The summed E-state index contributed by atoms with van der Waals surface area (Å²) in [5.41, 5.74) is 0.960. The van der Waals surface area contributed by atoms with Crippen molar-refractivity contribution in [1.82, 2.24) is 0 Å². The fraction of sp³-hybridized carbons (Fsp3) is 0.333. The Morgan fingerprint density at radius 1 is 1.25 bits per heavy atom. The summed E-state index contributed by atoms with van der Waals surface area (Å²) in [6.07, 6.45) is 0.284. The highest BCUT2D eigenvalue weighted by atomic mass is 31.2. The zero-order valence-corrected chi connectivity index (χ0v) is 9.71. The third-order valence-corrected chi connectivity index (χ3v) is 1.49. The van der Waals surface area contributed by atoms with Crippen molar-refractivity contribution in [3.05, 3.63) is 30.3 Å². The van der Waals surface area contributed by atoms with Crippen molar-refractivity contribution < 1.29 is 24.4 Å². The number of para-hydroxylation sites is 1. The minimum absolute atomic E-state index is 0.433. The number of phosphoric acid groups is 1. The average Bonchev–Trinajstić information content (AvgIpc) is 2.16. The molecule has 0 spiro atoms. The van der Waals surface area contributed by atoms with Crippen molar-refractivity contribution in [3.63, 3.8) is 0 Å². The third-order valence-electron chi connectivity index (χ3n) is 1.49. The molecule has 1 rings (SSSR count). The standard InChI is InChI=1S/C9H13NO.H3O4P/c1-2-9(11)10-8-6-4-3-5-7-8;1-5(2,3)4/h3-7,9-11H,2H2,1H3;(H3,1,2,3,4). The summed E-state index contributed by atoms with van der Waals surface area (Å²) in [6.45, 7) is 1.93. The van der Waals surface area contributed by atoms with E-state index >= 15 is 0 Å². The zero-order chi connectivity index (χ0) is 12.6. The van der Waals surface area contributed by atoms with Crippen molar-refractivity contribution in [2.75, 3.05) is 5.32 Å². The molecule has 1 atom stereocenters. The lowest BCUT2D eigenvalue weighted by molar-refractivity contribution is 0.199. The van der Waals surface area contributed by atoms with E-state index in [0.29, 0.717) is 0 Å². The SMILES string of the molecule is CCC(O)Nc1ccccc1.O=P(O)(O)O. The Morgan fingerprint density at radius 3 is 2.06 bits per heavy atom. The lowest BCUT2D eigenvalue weighted by atomic mass is 10.3. The summed E-state index contributed by atoms with van der Waals surface area (Å²) in [5.74, 6) is 0. The Balaban J connectivity index is 0.000000385. The molecule has 0 amide bonds. The Kier molecular flexibility index (Phi) is 6.96. The monoisotopic (exact) mass is 249 g/mol. The van der Waals surface area contributed by atoms with Crippen molar-refractivity contribution in [3.8, 4) is 0 Å². The van der Waals surface area contributed by atoms with Crippen LogP contribution >= 0.6 is 7.82 Å². The average molecular weight is 249 g/mol. The number of rotatable bonds is 3. The van der Waals surface area contributed by atoms with E-state index in [2.05, 4.69) is 5.32 Å². The molecule has 0 aliphatic rings. The number of benzene rings is 1. The second kappa shape index (κ2) is 7.38. The maximum Gasteiger partial charge on any atom is 0.466 e. The second-order valence-corrected chi connectivity index (χ2v) is 3.97. The molecular weight excluding hydrogens is 233 g/mol. The number of anilines is 1. The van der Waals surface area contributed by atoms with Gasteiger partial charge in [0.15, 0.2) is 0 Å². The van der Waals surface area contributed by atoms with Crippen LogP contribution in [0.1, 0.15) is 13.3 Å². The van der Waals surface area contributed by atoms with Crippen LogP contribution in [0.4, 0.5) is 5.69 Å². The molecule has 1 aromatic rings. The molecule has 16 heavy (non-hydrogen) atoms. The Morgan fingerprint density at radius 2 is 1.69 bits per heavy atom. The minimum atomic E-state index is -4.64. The highest BCUT2D eigenvalue weighted by Gasteiger charge is 2.00. The van der Waals surface area contributed by atoms with Gasteiger partial charge in [-0.25, -0.2) is 4.57 Å². The van der Waals surface area contributed by atoms with Crippen LogP contribution in [0.5, 0.6) is 0 Å². The first kappa shape index (κ1) is 15.1. The van der Waals surface area contributed by atoms with E-state index < -0.39 is 14.1 Å². The molecule has 5 N–H and O–H groups in total. The normalized spacial score (nSPS) is 12.3. The minimum Gasteiger partial charge on any atom is -0.374 e. The lowest BCUT2D eigenvalue weighted by Crippen LogP contribution is -2.16. The van der Waals surface area contributed by atoms with Gasteiger partial charge < -0.3 is 25.1 Å². The van der Waals surface area contributed by atoms with Crippen LogP contribution in [0.3, 0.4) is 0 Å². The summed E-state index contributed by atoms with van der Waals surface area (Å²) in [4.78, 5) is 21.6. The van der Waals surface area contributed by atoms with Gasteiger partial charge in [0.1, 0.15) is 6.23 Å². The highest BCUT2D eigenvalue weighted by Crippen LogP contribution is 2.25. The number of hydrogen-bond donors (Lipinski definition) is 5. The van der Waals surface area contributed by atoms with Crippen LogP contribution in [0.2, 0.25) is 0 Å². The van der Waals surface area contributed by atoms with E-state index in [1.54, 1.807) is 0 Å². The van der Waals surface area contributed by atoms with Gasteiger partial charge in [0.05, 0.1) is 0 Å². The van der Waals surface area contributed by atoms with Gasteiger partial charge in [-0.1, -0.05) is 25.1 Å². The molecule has 0 saturated carbocycles. The van der Waals surface area contributed by atoms with Crippen molar-refractivity contribution in [1.29, 1.82) is 0 Å². The van der Waals surface area contributed by atoms with Gasteiger partial charge >= 0.3 is 7.82 Å². The van der Waals surface area contributed by atoms with E-state index in [0.717, 1.165) is 12.1 Å². The molecule has 0 radical (unpaired) electrons. The predicted octanol–water partition coefficient (Wildman–Crippen LogP) is 0.898. The van der Waals surface area contributed by atoms with Gasteiger partial charge in [-0.15, -0.1) is 0 Å². The molecule has 6 nitrogen and oxygen atoms in total. The molecular formula is C9H16NO5P. The summed E-state index contributed by atoms with van der Waals surface area (Å²) in [6, 6.07) is 9.68. The first-order valence-electron chi connectivity index (χ1n) is 4.61. The van der Waals surface area contributed by atoms with E-state index in [1.807, 2.05) is 37.3 Å². The molecule has 92 valence electrons. The number of hydrogen-bond acceptors (Lipinski definition) is 3. The van der Waals surface area contributed by atoms with E-state index in [1.165, 1.54) is 0 Å². The number of aliphatic hydroxyl groups excluding tert-OH is 1. The maximum absolute atomic E-state index is 9.20. The highest BCUT2D eigenvalue weighted by molar-refractivity contribution is 7.45. The summed E-state index contributed by atoms with van der Waals surface area (Å²) >= 11 is 0. The molecule has 0 heterocycles. The van der Waals surface area contributed by atoms with Crippen LogP contribution in [0.15, 0.2) is 30.3 Å². The van der Waals surface area contributed by atoms with Gasteiger partial charge in [0.25, 0.3) is 0 Å². The Bertz CT molecular complexity index is 318. The summed E-state index contributed by atoms with van der Waals surface area (Å²) in [5, 5.41) is 12.1. The van der Waals surface area contributed by atoms with Crippen LogP contribution in [0.25, 0.3) is 0 Å². The van der Waals surface area contributed by atoms with Crippen LogP contribution in [-0.4, -0.2) is 26.0 Å². The molecule has 0 aliphatic heterocycles. The first-order chi connectivity index (χ1) is 7.33. The molecule has 7 heteroatoms. The van der Waals surface area contributed by atoms with Crippen molar-refractivity contribution in [2.45, 2.75) is 19.6 Å². The van der Waals surface area contributed by atoms with Gasteiger partial charge in [-0.05, 0) is 18.6 Å². The van der Waals surface area contributed by atoms with E-state index in [4.69, 9.17) is 19.2 Å². The molecule has 0 bridgehead atoms. The molecule has 1 aromatic carbocycles. The number of nitrogens with one attached hydrogen (secondary N) is 1. The summed E-state index contributed by atoms with van der Waals surface area (Å²) < 4.78 is 8.88. The maximum atomic E-state index is 9.20. The fourth-order valence-corrected chi connectivity index (χ4v) is 0.829. The molecule has 1 unspecified atom stereocenters. The van der Waals surface area contributed by atoms with Gasteiger partial charge in [0.2, 0.25) is 0 Å². The Hall–Kier alpha value is -0.910. The van der Waals surface area contributed by atoms with Gasteiger partial charge in [0, 0.05) is 5.69 Å². The first-order valence-corrected chi connectivity index (χ1v) is 6.17. The Labute approximate surface area is 93.8 Å². The smallest absolute Gasteiger partial charge is 0.374 e. The van der Waals surface area contributed by atoms with E-state index in [9.17, 15) is 5.11 Å². The van der Waals surface area contributed by atoms with Crippen LogP contribution in [-0.2, 0) is 4.57 Å². The van der Waals surface area contributed by atoms with Crippen LogP contribution < -0.4 is 5.32 Å². The lowest BCUT2D eigenvalue weighted by Gasteiger charge is -2.10. The van der Waals surface area contributed by atoms with Crippen molar-refractivity contribution >= 4 is 13.5 Å². The van der Waals surface area contributed by atoms with Gasteiger partial charge in [-0.2, -0.15) is 0 Å². The summed E-state index contributed by atoms with van der Waals surface area (Å²) in [7, 11) is -4.64. The molecule has 0 fully saturated rings.